The van der Waals surface area contributed by atoms with Crippen molar-refractivity contribution in [2.24, 2.45) is 0 Å². The number of hydrogen-bond donors (Lipinski definition) is 1. The van der Waals surface area contributed by atoms with Crippen molar-refractivity contribution >= 4 is 11.9 Å². The Hall–Kier alpha value is -1.10. The van der Waals surface area contributed by atoms with Crippen LogP contribution in [0.15, 0.2) is 0 Å². The van der Waals surface area contributed by atoms with E-state index in [-0.39, 0.29) is 12.6 Å². The van der Waals surface area contributed by atoms with Gasteiger partial charge < -0.3 is 4.74 Å². The van der Waals surface area contributed by atoms with Crippen molar-refractivity contribution < 1.29 is 19.5 Å². The van der Waals surface area contributed by atoms with Gasteiger partial charge in [-0.05, 0) is 19.3 Å². The van der Waals surface area contributed by atoms with E-state index in [4.69, 9.17) is 4.74 Å². The first-order valence-corrected chi connectivity index (χ1v) is 7.86. The third-order valence-electron chi connectivity index (χ3n) is 3.78. The largest absolute Gasteiger partial charge is 0.458 e. The van der Waals surface area contributed by atoms with Gasteiger partial charge in [0.1, 0.15) is 0 Å². The van der Waals surface area contributed by atoms with Gasteiger partial charge in [0, 0.05) is 0 Å². The first-order chi connectivity index (χ1) is 9.66. The molecule has 0 aromatic carbocycles. The fraction of sp³-hybridized carbons (Fsp3) is 0.867. The summed E-state index contributed by atoms with van der Waals surface area (Å²) in [7, 11) is 0. The van der Waals surface area contributed by atoms with E-state index < -0.39 is 11.9 Å². The number of carbonyl (C=O) groups is 2. The van der Waals surface area contributed by atoms with Gasteiger partial charge in [0.15, 0.2) is 0 Å². The Balaban J connectivity index is 2.10. The van der Waals surface area contributed by atoms with Crippen molar-refractivity contribution in [1.82, 2.24) is 5.06 Å². The Kier molecular flexibility index (Phi) is 8.26. The van der Waals surface area contributed by atoms with Crippen LogP contribution < -0.4 is 0 Å². The van der Waals surface area contributed by atoms with Gasteiger partial charge in [-0.25, -0.2) is 9.86 Å². The lowest BCUT2D eigenvalue weighted by Crippen LogP contribution is -2.41. The van der Waals surface area contributed by atoms with Crippen LogP contribution in [0.3, 0.4) is 0 Å². The van der Waals surface area contributed by atoms with E-state index in [0.717, 1.165) is 44.9 Å². The summed E-state index contributed by atoms with van der Waals surface area (Å²) < 4.78 is 4.90. The number of hydroxylamine groups is 2. The number of esters is 1. The fourth-order valence-electron chi connectivity index (χ4n) is 2.52. The molecule has 0 unspecified atom stereocenters. The number of carbonyl (C=O) groups excluding carboxylic acids is 2. The molecule has 116 valence electrons. The molecular formula is C15H27NO4. The van der Waals surface area contributed by atoms with E-state index in [1.807, 2.05) is 0 Å². The highest BCUT2D eigenvalue weighted by molar-refractivity contribution is 6.32. The molecule has 0 aromatic heterocycles. The molecule has 1 rings (SSSR count). The van der Waals surface area contributed by atoms with Crippen LogP contribution in [0, 0.1) is 0 Å². The lowest BCUT2D eigenvalue weighted by Gasteiger charge is -2.20. The molecule has 5 nitrogen and oxygen atoms in total. The van der Waals surface area contributed by atoms with Crippen molar-refractivity contribution in [3.8, 4) is 0 Å². The molecule has 0 aromatic rings. The van der Waals surface area contributed by atoms with Crippen LogP contribution in [0.4, 0.5) is 0 Å². The van der Waals surface area contributed by atoms with Gasteiger partial charge in [-0.3, -0.25) is 10.0 Å². The second-order valence-corrected chi connectivity index (χ2v) is 5.49. The Bertz CT molecular complexity index is 300. The highest BCUT2D eigenvalue weighted by atomic mass is 16.6. The van der Waals surface area contributed by atoms with Crippen LogP contribution in [-0.2, 0) is 14.3 Å². The van der Waals surface area contributed by atoms with E-state index >= 15 is 0 Å². The molecule has 1 aliphatic rings. The normalized spacial score (nSPS) is 15.3. The minimum Gasteiger partial charge on any atom is -0.458 e. The molecule has 1 saturated carbocycles. The molecule has 5 heteroatoms. The summed E-state index contributed by atoms with van der Waals surface area (Å²) >= 11 is 0. The third-order valence-corrected chi connectivity index (χ3v) is 3.78. The number of amides is 1. The zero-order chi connectivity index (χ0) is 14.8. The summed E-state index contributed by atoms with van der Waals surface area (Å²) in [5.74, 6) is -1.86. The molecule has 0 aliphatic heterocycles. The first-order valence-electron chi connectivity index (χ1n) is 7.86. The Morgan fingerprint density at radius 3 is 2.35 bits per heavy atom. The fourth-order valence-corrected chi connectivity index (χ4v) is 2.52. The summed E-state index contributed by atoms with van der Waals surface area (Å²) in [6.07, 6.45) is 10.0. The number of nitrogens with zero attached hydrogens (tertiary/aromatic N) is 1. The van der Waals surface area contributed by atoms with E-state index in [1.54, 1.807) is 0 Å². The smallest absolute Gasteiger partial charge is 0.399 e. The lowest BCUT2D eigenvalue weighted by atomic mass is 10.1. The van der Waals surface area contributed by atoms with Gasteiger partial charge in [-0.2, -0.15) is 0 Å². The molecule has 20 heavy (non-hydrogen) atoms. The molecule has 0 atom stereocenters. The second kappa shape index (κ2) is 9.75. The molecule has 0 bridgehead atoms. The van der Waals surface area contributed by atoms with Crippen molar-refractivity contribution in [3.05, 3.63) is 0 Å². The topological polar surface area (TPSA) is 66.8 Å². The van der Waals surface area contributed by atoms with Gasteiger partial charge in [-0.1, -0.05) is 51.9 Å². The monoisotopic (exact) mass is 285 g/mol. The zero-order valence-electron chi connectivity index (χ0n) is 12.5. The Morgan fingerprint density at radius 2 is 1.70 bits per heavy atom. The average molecular weight is 285 g/mol. The van der Waals surface area contributed by atoms with Crippen molar-refractivity contribution in [2.45, 2.75) is 77.2 Å². The van der Waals surface area contributed by atoms with Crippen LogP contribution in [0.2, 0.25) is 0 Å². The highest BCUT2D eigenvalue weighted by Gasteiger charge is 2.30. The summed E-state index contributed by atoms with van der Waals surface area (Å²) in [6, 6.07) is -0.218. The van der Waals surface area contributed by atoms with Gasteiger partial charge in [-0.15, -0.1) is 0 Å². The van der Waals surface area contributed by atoms with Crippen molar-refractivity contribution in [1.29, 1.82) is 0 Å². The summed E-state index contributed by atoms with van der Waals surface area (Å²) in [5.41, 5.74) is 0. The maximum Gasteiger partial charge on any atom is 0.399 e. The molecule has 0 radical (unpaired) electrons. The van der Waals surface area contributed by atoms with Crippen LogP contribution in [0.5, 0.6) is 0 Å². The minimum atomic E-state index is -0.937. The minimum absolute atomic E-state index is 0.218. The van der Waals surface area contributed by atoms with E-state index in [9.17, 15) is 14.8 Å². The molecular weight excluding hydrogens is 258 g/mol. The third kappa shape index (κ3) is 5.90. The number of hydrogen-bond acceptors (Lipinski definition) is 4. The van der Waals surface area contributed by atoms with E-state index in [2.05, 4.69) is 6.92 Å². The van der Waals surface area contributed by atoms with Gasteiger partial charge in [0.25, 0.3) is 0 Å². The Morgan fingerprint density at radius 1 is 1.10 bits per heavy atom. The van der Waals surface area contributed by atoms with Crippen LogP contribution in [0.25, 0.3) is 0 Å². The van der Waals surface area contributed by atoms with Crippen LogP contribution in [-0.4, -0.2) is 34.8 Å². The van der Waals surface area contributed by atoms with Crippen LogP contribution >= 0.6 is 0 Å². The molecule has 1 aliphatic carbocycles. The highest BCUT2D eigenvalue weighted by Crippen LogP contribution is 2.22. The molecule has 1 amide bonds. The standard InChI is InChI=1S/C15H27NO4/c1-2-3-4-5-6-9-12-20-15(18)14(17)16(19)13-10-7-8-11-13/h13,19H,2-12H2,1H3. The summed E-state index contributed by atoms with van der Waals surface area (Å²) in [5, 5.41) is 10.2. The number of rotatable bonds is 8. The van der Waals surface area contributed by atoms with E-state index in [1.165, 1.54) is 19.3 Å². The van der Waals surface area contributed by atoms with Crippen molar-refractivity contribution in [3.63, 3.8) is 0 Å². The SMILES string of the molecule is CCCCCCCCOC(=O)C(=O)N(O)C1CCCC1. The van der Waals surface area contributed by atoms with Gasteiger partial charge in [0.05, 0.1) is 12.6 Å². The van der Waals surface area contributed by atoms with Gasteiger partial charge >= 0.3 is 11.9 Å². The maximum atomic E-state index is 11.6. The molecule has 1 N–H and O–H groups in total. The predicted molar refractivity (Wildman–Crippen MR) is 75.2 cm³/mol. The van der Waals surface area contributed by atoms with E-state index in [0.29, 0.717) is 5.06 Å². The second-order valence-electron chi connectivity index (χ2n) is 5.49. The molecule has 0 spiro atoms. The number of ether oxygens (including phenoxy) is 1. The van der Waals surface area contributed by atoms with Crippen molar-refractivity contribution in [2.75, 3.05) is 6.61 Å². The molecule has 1 fully saturated rings. The summed E-state index contributed by atoms with van der Waals surface area (Å²) in [6.45, 7) is 2.42. The maximum absolute atomic E-state index is 11.6. The lowest BCUT2D eigenvalue weighted by molar-refractivity contribution is -0.187. The van der Waals surface area contributed by atoms with Crippen LogP contribution in [0.1, 0.15) is 71.1 Å². The average Bonchev–Trinajstić information content (AvgIpc) is 2.98. The van der Waals surface area contributed by atoms with Gasteiger partial charge in [0.2, 0.25) is 0 Å². The zero-order valence-corrected chi connectivity index (χ0v) is 12.5. The summed E-state index contributed by atoms with van der Waals surface area (Å²) in [4.78, 5) is 23.1. The number of unbranched alkanes of at least 4 members (excludes halogenated alkanes) is 5. The quantitative estimate of drug-likeness (QED) is 0.245. The Labute approximate surface area is 121 Å². The molecule has 0 heterocycles. The first kappa shape index (κ1) is 17.0. The molecule has 0 saturated heterocycles. The predicted octanol–water partition coefficient (Wildman–Crippen LogP) is 3.05.